The van der Waals surface area contributed by atoms with Crippen LogP contribution in [0.25, 0.3) is 0 Å². The predicted octanol–water partition coefficient (Wildman–Crippen LogP) is 4.37. The van der Waals surface area contributed by atoms with Gasteiger partial charge in [0.25, 0.3) is 0 Å². The highest BCUT2D eigenvalue weighted by Crippen LogP contribution is 2.32. The molecule has 0 heterocycles. The van der Waals surface area contributed by atoms with Gasteiger partial charge in [-0.1, -0.05) is 85.5 Å². The average molecular weight is 458 g/mol. The van der Waals surface area contributed by atoms with Crippen LogP contribution in [-0.4, -0.2) is 57.3 Å². The molecular weight excluding hydrogens is 410 g/mol. The average Bonchev–Trinajstić information content (AvgIpc) is 2.72. The van der Waals surface area contributed by atoms with E-state index in [4.69, 9.17) is 0 Å². The minimum atomic E-state index is -1.37. The Balaban J connectivity index is 5.27. The molecular formula is C25H47NO6. The fourth-order valence-corrected chi connectivity index (χ4v) is 5.31. The lowest BCUT2D eigenvalue weighted by Gasteiger charge is -2.51. The number of carboxylic acid groups (broad SMARTS) is 3. The number of carboxylic acids is 3. The number of rotatable bonds is 21. The Morgan fingerprint density at radius 3 is 1.25 bits per heavy atom. The summed E-state index contributed by atoms with van der Waals surface area (Å²) in [7, 11) is 0. The zero-order valence-corrected chi connectivity index (χ0v) is 20.8. The lowest BCUT2D eigenvalue weighted by molar-refractivity contribution is -0.974. The molecule has 0 bridgehead atoms. The quantitative estimate of drug-likeness (QED) is 0.195. The smallest absolute Gasteiger partial charge is 0.362 e. The van der Waals surface area contributed by atoms with Crippen LogP contribution in [0.4, 0.5) is 0 Å². The Bertz CT molecular complexity index is 495. The van der Waals surface area contributed by atoms with E-state index in [1.54, 1.807) is 20.8 Å². The number of aliphatic carboxylic acids is 3. The maximum absolute atomic E-state index is 12.1. The summed E-state index contributed by atoms with van der Waals surface area (Å²) in [6, 6.07) is -3.36. The van der Waals surface area contributed by atoms with E-state index in [0.717, 1.165) is 19.3 Å². The van der Waals surface area contributed by atoms with E-state index in [-0.39, 0.29) is 25.8 Å². The van der Waals surface area contributed by atoms with Crippen LogP contribution in [0.3, 0.4) is 0 Å². The highest BCUT2D eigenvalue weighted by molar-refractivity contribution is 5.77. The number of unbranched alkanes of at least 4 members (excludes halogenated alkanes) is 10. The second kappa shape index (κ2) is 16.9. The summed E-state index contributed by atoms with van der Waals surface area (Å²) in [5, 5.41) is 31.9. The van der Waals surface area contributed by atoms with Crippen molar-refractivity contribution in [2.75, 3.05) is 6.54 Å². The molecule has 3 atom stereocenters. The third-order valence-corrected chi connectivity index (χ3v) is 6.89. The minimum absolute atomic E-state index is 0.133. The van der Waals surface area contributed by atoms with Gasteiger partial charge in [0.05, 0.1) is 12.5 Å². The summed E-state index contributed by atoms with van der Waals surface area (Å²) < 4.78 is -0.464. The van der Waals surface area contributed by atoms with Crippen LogP contribution in [0.5, 0.6) is 0 Å². The maximum Gasteiger partial charge on any atom is 0.362 e. The van der Waals surface area contributed by atoms with Crippen LogP contribution in [0.2, 0.25) is 0 Å². The third-order valence-electron chi connectivity index (χ3n) is 6.89. The fraction of sp³-hybridized carbons (Fsp3) is 0.880. The normalized spacial score (nSPS) is 16.1. The van der Waals surface area contributed by atoms with Gasteiger partial charge in [0.1, 0.15) is 6.04 Å². The molecule has 0 saturated heterocycles. The van der Waals surface area contributed by atoms with Gasteiger partial charge in [0.15, 0.2) is 12.1 Å². The van der Waals surface area contributed by atoms with Crippen molar-refractivity contribution in [3.8, 4) is 0 Å². The number of quaternary nitrogens is 1. The van der Waals surface area contributed by atoms with Gasteiger partial charge in [-0.25, -0.2) is 9.59 Å². The Kier molecular flexibility index (Phi) is 16.1. The molecule has 0 fully saturated rings. The number of hydrogen-bond acceptors (Lipinski definition) is 4. The molecule has 0 aromatic carbocycles. The molecule has 7 nitrogen and oxygen atoms in total. The van der Waals surface area contributed by atoms with Crippen molar-refractivity contribution in [3.05, 3.63) is 0 Å². The molecule has 0 aromatic rings. The highest BCUT2D eigenvalue weighted by atomic mass is 16.4. The monoisotopic (exact) mass is 457 g/mol. The number of hydrogen-bond donors (Lipinski definition) is 2. The Morgan fingerprint density at radius 2 is 0.969 bits per heavy atom. The van der Waals surface area contributed by atoms with Crippen molar-refractivity contribution >= 4 is 17.9 Å². The van der Waals surface area contributed by atoms with Crippen molar-refractivity contribution in [2.45, 2.75) is 136 Å². The van der Waals surface area contributed by atoms with E-state index in [1.807, 2.05) is 0 Å². The van der Waals surface area contributed by atoms with Gasteiger partial charge in [-0.05, 0) is 12.8 Å². The van der Waals surface area contributed by atoms with Gasteiger partial charge in [-0.3, -0.25) is 4.48 Å². The molecule has 188 valence electrons. The zero-order chi connectivity index (χ0) is 24.6. The van der Waals surface area contributed by atoms with E-state index >= 15 is 0 Å². The molecule has 2 N–H and O–H groups in total. The first-order chi connectivity index (χ1) is 15.2. The standard InChI is InChI=1S/C25H47NO6/c1-5-9-10-11-12-13-14-15-16-17-18-19-26(20(6-2)23(27)28,21(7-3)24(29)30)22(8-4)25(31)32/h20-22H,5-19H2,1-4H3,(H2-,27,28,29,30,31,32). The molecule has 0 aromatic heterocycles. The molecule has 0 radical (unpaired) electrons. The summed E-state index contributed by atoms with van der Waals surface area (Å²) >= 11 is 0. The van der Waals surface area contributed by atoms with Crippen LogP contribution in [0.15, 0.2) is 0 Å². The first-order valence-electron chi connectivity index (χ1n) is 12.8. The van der Waals surface area contributed by atoms with E-state index < -0.39 is 40.5 Å². The SMILES string of the molecule is CCCCCCCCCCCCC[N+](C(CC)C(=O)[O-])(C(CC)C(=O)O)C(CC)C(=O)O. The van der Waals surface area contributed by atoms with Crippen molar-refractivity contribution in [1.82, 2.24) is 0 Å². The number of carbonyl (C=O) groups excluding carboxylic acids is 1. The Hall–Kier alpha value is -1.63. The Morgan fingerprint density at radius 1 is 0.625 bits per heavy atom. The maximum atomic E-state index is 12.1. The van der Waals surface area contributed by atoms with Gasteiger partial charge in [-0.15, -0.1) is 0 Å². The summed E-state index contributed by atoms with van der Waals surface area (Å²) in [6.07, 6.45) is 12.8. The topological polar surface area (TPSA) is 115 Å². The van der Waals surface area contributed by atoms with Gasteiger partial charge >= 0.3 is 11.9 Å². The molecule has 0 amide bonds. The molecule has 0 aliphatic heterocycles. The van der Waals surface area contributed by atoms with Crippen molar-refractivity contribution in [2.24, 2.45) is 0 Å². The molecule has 0 aliphatic carbocycles. The van der Waals surface area contributed by atoms with Crippen LogP contribution < -0.4 is 5.11 Å². The van der Waals surface area contributed by atoms with Crippen LogP contribution in [-0.2, 0) is 14.4 Å². The lowest BCUT2D eigenvalue weighted by atomic mass is 9.93. The van der Waals surface area contributed by atoms with E-state index in [1.165, 1.54) is 44.9 Å². The molecule has 32 heavy (non-hydrogen) atoms. The highest BCUT2D eigenvalue weighted by Gasteiger charge is 2.53. The number of carbonyl (C=O) groups is 3. The molecule has 7 heteroatoms. The molecule has 0 rings (SSSR count). The summed E-state index contributed by atoms with van der Waals surface area (Å²) in [5.74, 6) is -3.65. The van der Waals surface area contributed by atoms with E-state index in [0.29, 0.717) is 6.42 Å². The second-order valence-corrected chi connectivity index (χ2v) is 9.02. The summed E-state index contributed by atoms with van der Waals surface area (Å²) in [5.41, 5.74) is 0. The van der Waals surface area contributed by atoms with Crippen molar-refractivity contribution < 1.29 is 34.2 Å². The van der Waals surface area contributed by atoms with Gasteiger partial charge < -0.3 is 20.1 Å². The minimum Gasteiger partial charge on any atom is -0.544 e. The van der Waals surface area contributed by atoms with Gasteiger partial charge in [-0.2, -0.15) is 0 Å². The van der Waals surface area contributed by atoms with Gasteiger partial charge in [0.2, 0.25) is 0 Å². The molecule has 0 spiro atoms. The van der Waals surface area contributed by atoms with E-state index in [9.17, 15) is 29.7 Å². The molecule has 0 saturated carbocycles. The summed E-state index contributed by atoms with van der Waals surface area (Å²) in [6.45, 7) is 7.46. The largest absolute Gasteiger partial charge is 0.544 e. The van der Waals surface area contributed by atoms with Crippen LogP contribution >= 0.6 is 0 Å². The fourth-order valence-electron chi connectivity index (χ4n) is 5.31. The summed E-state index contributed by atoms with van der Waals surface area (Å²) in [4.78, 5) is 36.3. The predicted molar refractivity (Wildman–Crippen MR) is 124 cm³/mol. The third kappa shape index (κ3) is 9.08. The lowest BCUT2D eigenvalue weighted by Crippen LogP contribution is -2.73. The van der Waals surface area contributed by atoms with Crippen LogP contribution in [0, 0.1) is 0 Å². The molecule has 3 unspecified atom stereocenters. The van der Waals surface area contributed by atoms with Crippen molar-refractivity contribution in [1.29, 1.82) is 0 Å². The second-order valence-electron chi connectivity index (χ2n) is 9.02. The van der Waals surface area contributed by atoms with Crippen LogP contribution in [0.1, 0.15) is 118 Å². The number of nitrogens with zero attached hydrogens (tertiary/aromatic N) is 1. The zero-order valence-electron chi connectivity index (χ0n) is 20.8. The van der Waals surface area contributed by atoms with Gasteiger partial charge in [0, 0.05) is 19.3 Å². The first-order valence-corrected chi connectivity index (χ1v) is 12.8. The van der Waals surface area contributed by atoms with Crippen molar-refractivity contribution in [3.63, 3.8) is 0 Å². The Labute approximate surface area is 194 Å². The molecule has 0 aliphatic rings. The first kappa shape index (κ1) is 30.4. The van der Waals surface area contributed by atoms with E-state index in [2.05, 4.69) is 6.92 Å².